The number of rotatable bonds is 7. The Hall–Kier alpha value is -9.54. The molecule has 0 N–H and O–H groups in total. The number of benzene rings is 5. The third-order valence-electron chi connectivity index (χ3n) is 15.2. The van der Waals surface area contributed by atoms with E-state index in [1.165, 1.54) is 0 Å². The molecule has 2 amide bonds. The number of ether oxygens (including phenoxy) is 2. The molecule has 2 aliphatic rings. The molecular formula is C65H50N12O4Ru+2. The van der Waals surface area contributed by atoms with Crippen LogP contribution in [-0.2, 0) is 35.6 Å². The Labute approximate surface area is 481 Å². The van der Waals surface area contributed by atoms with Gasteiger partial charge in [0.15, 0.2) is 12.4 Å². The first-order valence-electron chi connectivity index (χ1n) is 26.8. The first-order valence-corrected chi connectivity index (χ1v) is 26.8. The van der Waals surface area contributed by atoms with Gasteiger partial charge in [0.1, 0.15) is 22.1 Å². The molecule has 0 spiro atoms. The molecule has 16 nitrogen and oxygen atoms in total. The fourth-order valence-electron chi connectivity index (χ4n) is 11.3. The fraction of sp³-hybridized carbons (Fsp3) is 0.138. The number of fused-ring (bicyclic) bond motifs is 15. The fourth-order valence-corrected chi connectivity index (χ4v) is 11.3. The maximum Gasteiger partial charge on any atom is 0.344 e. The minimum atomic E-state index is -0.0486. The average Bonchev–Trinajstić information content (AvgIpc) is 1.60. The molecule has 82 heavy (non-hydrogen) atoms. The number of amides is 2. The molecule has 13 aromatic rings. The van der Waals surface area contributed by atoms with Crippen molar-refractivity contribution in [1.29, 1.82) is 0 Å². The van der Waals surface area contributed by atoms with Gasteiger partial charge in [-0.15, -0.1) is 9.13 Å². The van der Waals surface area contributed by atoms with Crippen molar-refractivity contribution in [2.75, 3.05) is 52.6 Å². The number of carbonyl (C=O) groups excluding carboxylic acids is 2. The van der Waals surface area contributed by atoms with Gasteiger partial charge in [0, 0.05) is 104 Å². The Morgan fingerprint density at radius 2 is 0.866 bits per heavy atom. The van der Waals surface area contributed by atoms with Crippen molar-refractivity contribution in [2.24, 2.45) is 0 Å². The molecule has 2 aliphatic heterocycles. The third-order valence-corrected chi connectivity index (χ3v) is 15.2. The number of hydrogen-bond donors (Lipinski definition) is 0. The quantitative estimate of drug-likeness (QED) is 0.0642. The molecule has 0 saturated carbocycles. The van der Waals surface area contributed by atoms with Gasteiger partial charge in [-0.2, -0.15) is 0 Å². The number of carbonyl (C=O) groups is 2. The van der Waals surface area contributed by atoms with Crippen LogP contribution in [-0.4, -0.2) is 114 Å². The van der Waals surface area contributed by atoms with E-state index in [9.17, 15) is 9.59 Å². The molecule has 2 saturated heterocycles. The summed E-state index contributed by atoms with van der Waals surface area (Å²) in [5.74, 6) is -0.0972. The first-order chi connectivity index (χ1) is 39.9. The molecule has 10 heterocycles. The average molecular weight is 1160 g/mol. The zero-order chi connectivity index (χ0) is 54.6. The Bertz CT molecular complexity index is 4710. The summed E-state index contributed by atoms with van der Waals surface area (Å²) in [6, 6.07) is 40.0. The maximum atomic E-state index is 12.7. The van der Waals surface area contributed by atoms with E-state index < -0.39 is 0 Å². The molecule has 0 unspecified atom stereocenters. The van der Waals surface area contributed by atoms with Gasteiger partial charge in [-0.25, -0.2) is 29.9 Å². The molecule has 0 bridgehead atoms. The molecule has 8 aromatic heterocycles. The predicted molar refractivity (Wildman–Crippen MR) is 314 cm³/mol. The Balaban J connectivity index is 0.000000184. The molecule has 2 fully saturated rings. The topological polar surface area (TPSA) is 170 Å². The Morgan fingerprint density at radius 1 is 0.463 bits per heavy atom. The third kappa shape index (κ3) is 9.27. The van der Waals surface area contributed by atoms with E-state index in [-0.39, 0.29) is 31.3 Å². The molecule has 0 radical (unpaired) electrons. The van der Waals surface area contributed by atoms with Gasteiger partial charge in [0.2, 0.25) is 11.0 Å². The zero-order valence-electron chi connectivity index (χ0n) is 44.3. The number of morpholine rings is 2. The molecule has 17 heteroatoms. The normalized spacial score (nSPS) is 13.7. The van der Waals surface area contributed by atoms with Crippen LogP contribution < -0.4 is 9.13 Å². The van der Waals surface area contributed by atoms with Gasteiger partial charge < -0.3 is 19.3 Å². The summed E-state index contributed by atoms with van der Waals surface area (Å²) in [4.78, 5) is 68.5. The second kappa shape index (κ2) is 21.8. The van der Waals surface area contributed by atoms with E-state index in [4.69, 9.17) is 39.4 Å². The molecular weight excluding hydrogens is 1110 g/mol. The van der Waals surface area contributed by atoms with Crippen LogP contribution in [0.5, 0.6) is 0 Å². The number of pyridine rings is 6. The van der Waals surface area contributed by atoms with Gasteiger partial charge in [0.25, 0.3) is 11.8 Å². The van der Waals surface area contributed by atoms with E-state index in [2.05, 4.69) is 117 Å². The van der Waals surface area contributed by atoms with E-state index in [1.54, 1.807) is 46.5 Å². The largest absolute Gasteiger partial charge is 0.378 e. The van der Waals surface area contributed by atoms with E-state index in [1.807, 2.05) is 48.8 Å². The Kier molecular flexibility index (Phi) is 13.8. The van der Waals surface area contributed by atoms with Crippen molar-refractivity contribution in [3.8, 4) is 11.4 Å². The van der Waals surface area contributed by atoms with Crippen LogP contribution in [0.4, 0.5) is 0 Å². The van der Waals surface area contributed by atoms with Crippen LogP contribution in [0.25, 0.3) is 122 Å². The van der Waals surface area contributed by atoms with Crippen molar-refractivity contribution in [1.82, 2.24) is 49.7 Å². The standard InChI is InChI=1S/C45H28N8.C20H22N4O4.Ru/c1-3-26-21-34-35(22-27(26)4-2)50-40-32-15-9-19-52(44(32)42-30(38(40)48-34)13-7-17-46-42)25-53-20-10-16-33-41-39(31-14-8-18-47-43(31)45(33)53)49-36-23-28-11-5-6-12-29(28)24-37(36)51-41;25-19(23-5-9-27-10-6-23)15-1-3-21-17(13-15)18-14-16(2-4-22-18)20(26)24-7-11-28-12-8-24;/h3-24H,1-2,25H2;1-4,13-14H,5-12H2;/q+2;;. The second-order valence-corrected chi connectivity index (χ2v) is 20.0. The summed E-state index contributed by atoms with van der Waals surface area (Å²) in [5.41, 5.74) is 14.5. The molecule has 5 aromatic carbocycles. The number of hydrogen-bond acceptors (Lipinski definition) is 12. The van der Waals surface area contributed by atoms with Crippen molar-refractivity contribution < 1.29 is 47.7 Å². The van der Waals surface area contributed by atoms with Gasteiger partial charge in [0.05, 0.1) is 81.7 Å². The first kappa shape index (κ1) is 51.9. The van der Waals surface area contributed by atoms with E-state index >= 15 is 0 Å². The molecule has 15 rings (SSSR count). The summed E-state index contributed by atoms with van der Waals surface area (Å²) in [7, 11) is 0. The van der Waals surface area contributed by atoms with Crippen molar-refractivity contribution in [3.05, 3.63) is 194 Å². The maximum absolute atomic E-state index is 12.7. The van der Waals surface area contributed by atoms with Crippen molar-refractivity contribution in [2.45, 2.75) is 6.67 Å². The molecule has 0 atom stereocenters. The second-order valence-electron chi connectivity index (χ2n) is 20.0. The Morgan fingerprint density at radius 3 is 1.29 bits per heavy atom. The van der Waals surface area contributed by atoms with Gasteiger partial charge in [-0.05, 0) is 107 Å². The van der Waals surface area contributed by atoms with Crippen LogP contribution in [0.15, 0.2) is 172 Å². The predicted octanol–water partition coefficient (Wildman–Crippen LogP) is 9.89. The van der Waals surface area contributed by atoms with E-state index in [0.29, 0.717) is 81.8 Å². The number of aromatic nitrogens is 10. The summed E-state index contributed by atoms with van der Waals surface area (Å²) in [6.45, 7) is 13.0. The smallest absolute Gasteiger partial charge is 0.344 e. The van der Waals surface area contributed by atoms with Gasteiger partial charge in [-0.1, -0.05) is 49.6 Å². The van der Waals surface area contributed by atoms with Crippen LogP contribution in [0.1, 0.15) is 31.8 Å². The van der Waals surface area contributed by atoms with Crippen LogP contribution in [0.2, 0.25) is 0 Å². The summed E-state index contributed by atoms with van der Waals surface area (Å²) < 4.78 is 15.1. The minimum absolute atomic E-state index is 0. The number of nitrogens with zero attached hydrogens (tertiary/aromatic N) is 12. The molecule has 400 valence electrons. The van der Waals surface area contributed by atoms with E-state index in [0.717, 1.165) is 110 Å². The van der Waals surface area contributed by atoms with Gasteiger partial charge >= 0.3 is 6.67 Å². The zero-order valence-corrected chi connectivity index (χ0v) is 46.0. The van der Waals surface area contributed by atoms with Crippen molar-refractivity contribution >= 4 is 122 Å². The van der Waals surface area contributed by atoms with Crippen LogP contribution in [0.3, 0.4) is 0 Å². The van der Waals surface area contributed by atoms with Crippen molar-refractivity contribution in [3.63, 3.8) is 0 Å². The monoisotopic (exact) mass is 1160 g/mol. The van der Waals surface area contributed by atoms with Gasteiger partial charge in [-0.3, -0.25) is 19.6 Å². The summed E-state index contributed by atoms with van der Waals surface area (Å²) >= 11 is 0. The molecule has 0 aliphatic carbocycles. The minimum Gasteiger partial charge on any atom is -0.378 e. The summed E-state index contributed by atoms with van der Waals surface area (Å²) in [6.07, 6.45) is 14.7. The van der Waals surface area contributed by atoms with Crippen LogP contribution in [0, 0.1) is 0 Å². The van der Waals surface area contributed by atoms with Crippen LogP contribution >= 0.6 is 0 Å². The summed E-state index contributed by atoms with van der Waals surface area (Å²) in [5, 5.41) is 6.12. The SMILES string of the molecule is C=Cc1cc2nc3c4cccnc4c4c(ccc[n+]4C[n+]4cccc5c6nc7cc8ccccc8cc7nc6c6cccnc6c54)c3nc2cc1C=C.O=C(c1ccnc(-c2cc(C(=O)N3CCOCC3)ccn2)c1)N1CCOCC1.[Ru].